The maximum atomic E-state index is 5.50. The van der Waals surface area contributed by atoms with Gasteiger partial charge in [0.1, 0.15) is 5.75 Å². The summed E-state index contributed by atoms with van der Waals surface area (Å²) >= 11 is 0. The van der Waals surface area contributed by atoms with Crippen molar-refractivity contribution in [3.05, 3.63) is 42.0 Å². The van der Waals surface area contributed by atoms with Gasteiger partial charge in [-0.05, 0) is 42.3 Å². The van der Waals surface area contributed by atoms with E-state index in [4.69, 9.17) is 4.74 Å². The lowest BCUT2D eigenvalue weighted by molar-refractivity contribution is 0.339. The molecule has 0 bridgehead atoms. The van der Waals surface area contributed by atoms with E-state index in [1.807, 2.05) is 0 Å². The first-order valence-electron chi connectivity index (χ1n) is 6.14. The van der Waals surface area contributed by atoms with E-state index in [1.54, 1.807) is 7.11 Å². The number of hydrogen-bond donors (Lipinski definition) is 1. The average Bonchev–Trinajstić information content (AvgIpc) is 2.33. The molecular weight excluding hydrogens is 210 g/mol. The Kier molecular flexibility index (Phi) is 2.73. The molecule has 0 radical (unpaired) electrons. The third kappa shape index (κ3) is 1.89. The van der Waals surface area contributed by atoms with Crippen LogP contribution in [-0.2, 0) is 6.42 Å². The number of fused-ring (bicyclic) bond motifs is 1. The Morgan fingerprint density at radius 2 is 2.00 bits per heavy atom. The fraction of sp³-hybridized carbons (Fsp3) is 0.333. The molecule has 1 aliphatic heterocycles. The van der Waals surface area contributed by atoms with Crippen molar-refractivity contribution in [1.29, 1.82) is 0 Å². The number of hydrogen-bond acceptors (Lipinski definition) is 2. The van der Waals surface area contributed by atoms with Gasteiger partial charge >= 0.3 is 0 Å². The van der Waals surface area contributed by atoms with Crippen LogP contribution in [0.25, 0.3) is 10.8 Å². The zero-order valence-corrected chi connectivity index (χ0v) is 10.1. The Morgan fingerprint density at radius 3 is 2.71 bits per heavy atom. The van der Waals surface area contributed by atoms with Gasteiger partial charge in [-0.1, -0.05) is 30.3 Å². The van der Waals surface area contributed by atoms with Crippen molar-refractivity contribution < 1.29 is 4.74 Å². The summed E-state index contributed by atoms with van der Waals surface area (Å²) in [6, 6.07) is 12.8. The van der Waals surface area contributed by atoms with Gasteiger partial charge in [0.2, 0.25) is 0 Å². The first kappa shape index (κ1) is 10.6. The highest BCUT2D eigenvalue weighted by atomic mass is 16.5. The number of nitrogens with one attached hydrogen (secondary N) is 1. The second-order valence-corrected chi connectivity index (χ2v) is 4.70. The maximum absolute atomic E-state index is 5.50. The Hall–Kier alpha value is -1.54. The van der Waals surface area contributed by atoms with Gasteiger partial charge in [-0.15, -0.1) is 0 Å². The second-order valence-electron chi connectivity index (χ2n) is 4.70. The van der Waals surface area contributed by atoms with Gasteiger partial charge < -0.3 is 10.1 Å². The molecule has 0 unspecified atom stereocenters. The predicted molar refractivity (Wildman–Crippen MR) is 70.6 cm³/mol. The second kappa shape index (κ2) is 4.38. The molecular formula is C15H17NO. The zero-order valence-electron chi connectivity index (χ0n) is 10.1. The fourth-order valence-corrected chi connectivity index (χ4v) is 2.50. The van der Waals surface area contributed by atoms with Gasteiger partial charge in [-0.25, -0.2) is 0 Å². The van der Waals surface area contributed by atoms with Crippen LogP contribution in [0.1, 0.15) is 5.56 Å². The van der Waals surface area contributed by atoms with Gasteiger partial charge in [-0.3, -0.25) is 0 Å². The van der Waals surface area contributed by atoms with Gasteiger partial charge in [0.15, 0.2) is 0 Å². The van der Waals surface area contributed by atoms with Crippen LogP contribution in [0.15, 0.2) is 36.4 Å². The molecule has 2 aromatic carbocycles. The lowest BCUT2D eigenvalue weighted by Gasteiger charge is -2.28. The van der Waals surface area contributed by atoms with Crippen molar-refractivity contribution in [2.45, 2.75) is 6.42 Å². The average molecular weight is 227 g/mol. The van der Waals surface area contributed by atoms with Crippen LogP contribution >= 0.6 is 0 Å². The molecule has 0 amide bonds. The molecule has 1 aliphatic rings. The van der Waals surface area contributed by atoms with Crippen molar-refractivity contribution >= 4 is 10.8 Å². The molecule has 2 heteroatoms. The largest absolute Gasteiger partial charge is 0.496 e. The van der Waals surface area contributed by atoms with Gasteiger partial charge in [0, 0.05) is 5.56 Å². The summed E-state index contributed by atoms with van der Waals surface area (Å²) in [4.78, 5) is 0. The fourth-order valence-electron chi connectivity index (χ4n) is 2.50. The minimum atomic E-state index is 0.759. The molecule has 0 aromatic heterocycles. The standard InChI is InChI=1S/C15H17NO/c1-17-15-7-6-12-4-2-3-5-13(12)14(15)8-11-9-16-10-11/h2-7,11,16H,8-10H2,1H3. The highest BCUT2D eigenvalue weighted by Gasteiger charge is 2.20. The number of methoxy groups -OCH3 is 1. The summed E-state index contributed by atoms with van der Waals surface area (Å²) in [6.07, 6.45) is 1.11. The van der Waals surface area contributed by atoms with Gasteiger partial charge in [0.05, 0.1) is 7.11 Å². The summed E-state index contributed by atoms with van der Waals surface area (Å²) < 4.78 is 5.50. The number of ether oxygens (including phenoxy) is 1. The Bertz CT molecular complexity index is 531. The van der Waals surface area contributed by atoms with Crippen molar-refractivity contribution in [2.24, 2.45) is 5.92 Å². The topological polar surface area (TPSA) is 21.3 Å². The monoisotopic (exact) mass is 227 g/mol. The van der Waals surface area contributed by atoms with E-state index in [-0.39, 0.29) is 0 Å². The normalized spacial score (nSPS) is 15.8. The smallest absolute Gasteiger partial charge is 0.122 e. The third-order valence-electron chi connectivity index (χ3n) is 3.58. The van der Waals surface area contributed by atoms with Crippen LogP contribution in [0.5, 0.6) is 5.75 Å². The van der Waals surface area contributed by atoms with E-state index < -0.39 is 0 Å². The first-order chi connectivity index (χ1) is 8.38. The summed E-state index contributed by atoms with van der Waals surface area (Å²) in [5, 5.41) is 5.96. The highest BCUT2D eigenvalue weighted by Crippen LogP contribution is 2.30. The van der Waals surface area contributed by atoms with Crippen LogP contribution in [0.2, 0.25) is 0 Å². The third-order valence-corrected chi connectivity index (χ3v) is 3.58. The summed E-state index contributed by atoms with van der Waals surface area (Å²) in [5.41, 5.74) is 1.36. The van der Waals surface area contributed by atoms with Crippen molar-refractivity contribution in [2.75, 3.05) is 20.2 Å². The molecule has 88 valence electrons. The quantitative estimate of drug-likeness (QED) is 0.870. The van der Waals surface area contributed by atoms with Crippen LogP contribution in [0, 0.1) is 5.92 Å². The molecule has 2 nitrogen and oxygen atoms in total. The molecule has 1 heterocycles. The highest BCUT2D eigenvalue weighted by molar-refractivity contribution is 5.87. The van der Waals surface area contributed by atoms with E-state index in [9.17, 15) is 0 Å². The molecule has 2 aromatic rings. The van der Waals surface area contributed by atoms with Crippen LogP contribution in [0.4, 0.5) is 0 Å². The number of benzene rings is 2. The predicted octanol–water partition coefficient (Wildman–Crippen LogP) is 2.61. The molecule has 0 saturated carbocycles. The summed E-state index contributed by atoms with van der Waals surface area (Å²) in [6.45, 7) is 2.26. The zero-order chi connectivity index (χ0) is 11.7. The molecule has 1 N–H and O–H groups in total. The Balaban J connectivity index is 2.09. The first-order valence-corrected chi connectivity index (χ1v) is 6.14. The molecule has 17 heavy (non-hydrogen) atoms. The van der Waals surface area contributed by atoms with E-state index in [0.29, 0.717) is 0 Å². The van der Waals surface area contributed by atoms with Crippen LogP contribution in [0.3, 0.4) is 0 Å². The van der Waals surface area contributed by atoms with E-state index in [2.05, 4.69) is 41.7 Å². The maximum Gasteiger partial charge on any atom is 0.122 e. The molecule has 1 saturated heterocycles. The van der Waals surface area contributed by atoms with Crippen molar-refractivity contribution in [3.63, 3.8) is 0 Å². The molecule has 3 rings (SSSR count). The van der Waals surface area contributed by atoms with E-state index in [1.165, 1.54) is 16.3 Å². The molecule has 1 fully saturated rings. The molecule has 0 aliphatic carbocycles. The minimum Gasteiger partial charge on any atom is -0.496 e. The number of rotatable bonds is 3. The molecule has 0 atom stereocenters. The summed E-state index contributed by atoms with van der Waals surface area (Å²) in [7, 11) is 1.76. The van der Waals surface area contributed by atoms with Crippen LogP contribution < -0.4 is 10.1 Å². The lowest BCUT2D eigenvalue weighted by atomic mass is 9.91. The molecule has 0 spiro atoms. The van der Waals surface area contributed by atoms with Crippen molar-refractivity contribution in [1.82, 2.24) is 5.32 Å². The van der Waals surface area contributed by atoms with Crippen LogP contribution in [-0.4, -0.2) is 20.2 Å². The van der Waals surface area contributed by atoms with Gasteiger partial charge in [0.25, 0.3) is 0 Å². The van der Waals surface area contributed by atoms with E-state index >= 15 is 0 Å². The Labute approximate surface area is 102 Å². The SMILES string of the molecule is COc1ccc2ccccc2c1CC1CNC1. The summed E-state index contributed by atoms with van der Waals surface area (Å²) in [5.74, 6) is 1.78. The minimum absolute atomic E-state index is 0.759. The Morgan fingerprint density at radius 1 is 1.18 bits per heavy atom. The lowest BCUT2D eigenvalue weighted by Crippen LogP contribution is -2.43. The van der Waals surface area contributed by atoms with Gasteiger partial charge in [-0.2, -0.15) is 0 Å². The van der Waals surface area contributed by atoms with E-state index in [0.717, 1.165) is 31.2 Å². The van der Waals surface area contributed by atoms with Crippen molar-refractivity contribution in [3.8, 4) is 5.75 Å².